The summed E-state index contributed by atoms with van der Waals surface area (Å²) >= 11 is 0. The van der Waals surface area contributed by atoms with Crippen LogP contribution >= 0.6 is 0 Å². The molecule has 4 heterocycles. The summed E-state index contributed by atoms with van der Waals surface area (Å²) in [6.07, 6.45) is 7.76. The molecule has 138 valence electrons. The van der Waals surface area contributed by atoms with Gasteiger partial charge in [-0.15, -0.1) is 10.2 Å². The molecule has 5 rings (SSSR count). The Balaban J connectivity index is 1.57. The minimum Gasteiger partial charge on any atom is -0.454 e. The molecule has 3 aromatic heterocycles. The molecule has 1 N–H and O–H groups in total. The van der Waals surface area contributed by atoms with E-state index in [1.54, 1.807) is 12.3 Å². The van der Waals surface area contributed by atoms with Gasteiger partial charge in [0.25, 0.3) is 0 Å². The number of allylic oxidation sites excluding steroid dienone is 1. The molecular weight excluding hydrogens is 352 g/mol. The summed E-state index contributed by atoms with van der Waals surface area (Å²) in [6, 6.07) is 12.1. The van der Waals surface area contributed by atoms with Gasteiger partial charge in [0.15, 0.2) is 11.6 Å². The summed E-state index contributed by atoms with van der Waals surface area (Å²) in [7, 11) is 0. The van der Waals surface area contributed by atoms with Gasteiger partial charge in [0.2, 0.25) is 0 Å². The lowest BCUT2D eigenvalue weighted by atomic mass is 10.1. The number of nitriles is 1. The van der Waals surface area contributed by atoms with Crippen molar-refractivity contribution in [2.24, 2.45) is 0 Å². The number of H-pyrrole nitrogens is 1. The number of nitrogens with one attached hydrogen (secondary N) is 1. The number of aryl methyl sites for hydroxylation is 1. The van der Waals surface area contributed by atoms with Crippen LogP contribution in [0.4, 0.5) is 0 Å². The fourth-order valence-electron chi connectivity index (χ4n) is 3.69. The molecule has 7 heteroatoms. The maximum absolute atomic E-state index is 9.79. The highest BCUT2D eigenvalue weighted by molar-refractivity contribution is 5.91. The second-order valence-electron chi connectivity index (χ2n) is 6.92. The predicted molar refractivity (Wildman–Crippen MR) is 105 cm³/mol. The summed E-state index contributed by atoms with van der Waals surface area (Å²) in [6.45, 7) is 0.846. The highest BCUT2D eigenvalue weighted by Crippen LogP contribution is 2.30. The quantitative estimate of drug-likeness (QED) is 0.545. The van der Waals surface area contributed by atoms with E-state index >= 15 is 0 Å². The number of fused-ring (bicyclic) bond motifs is 2. The van der Waals surface area contributed by atoms with Crippen molar-refractivity contribution in [2.45, 2.75) is 32.2 Å². The Morgan fingerprint density at radius 1 is 1.21 bits per heavy atom. The van der Waals surface area contributed by atoms with E-state index < -0.39 is 0 Å². The first-order valence-electron chi connectivity index (χ1n) is 9.40. The van der Waals surface area contributed by atoms with Crippen LogP contribution in [0.2, 0.25) is 0 Å². The van der Waals surface area contributed by atoms with Gasteiger partial charge in [-0.2, -0.15) is 10.4 Å². The minimum atomic E-state index is 0.472. The van der Waals surface area contributed by atoms with Gasteiger partial charge in [-0.1, -0.05) is 24.6 Å². The highest BCUT2D eigenvalue weighted by atomic mass is 16.3. The monoisotopic (exact) mass is 370 g/mol. The van der Waals surface area contributed by atoms with Crippen LogP contribution in [0.5, 0.6) is 0 Å². The Bertz CT molecular complexity index is 1190. The third-order valence-corrected chi connectivity index (χ3v) is 5.11. The van der Waals surface area contributed by atoms with E-state index in [-0.39, 0.29) is 0 Å². The molecular formula is C21H18N6O. The number of hydrogen-bond acceptors (Lipinski definition) is 5. The largest absolute Gasteiger partial charge is 0.454 e. The van der Waals surface area contributed by atoms with Crippen molar-refractivity contribution in [3.8, 4) is 17.5 Å². The van der Waals surface area contributed by atoms with Gasteiger partial charge in [-0.25, -0.2) is 0 Å². The van der Waals surface area contributed by atoms with E-state index in [1.807, 2.05) is 30.3 Å². The topological polar surface area (TPSA) is 96.3 Å². The van der Waals surface area contributed by atoms with E-state index in [1.165, 1.54) is 6.42 Å². The van der Waals surface area contributed by atoms with Crippen LogP contribution in [0.1, 0.15) is 36.5 Å². The second kappa shape index (κ2) is 6.82. The zero-order chi connectivity index (χ0) is 18.9. The zero-order valence-electron chi connectivity index (χ0n) is 15.2. The highest BCUT2D eigenvalue weighted by Gasteiger charge is 2.19. The van der Waals surface area contributed by atoms with Gasteiger partial charge < -0.3 is 8.98 Å². The Kier molecular flexibility index (Phi) is 4.02. The number of aromatic nitrogens is 5. The first-order chi connectivity index (χ1) is 13.8. The number of furan rings is 1. The third kappa shape index (κ3) is 2.79. The SMILES string of the molecule is N#C/C(=C\c1cn[nH]c1-c1cc2ccccc2o1)c1nnc2n1CCCCC2. The Hall–Kier alpha value is -3.66. The molecule has 0 amide bonds. The molecule has 0 saturated carbocycles. The first kappa shape index (κ1) is 16.5. The van der Waals surface area contributed by atoms with Crippen LogP contribution in [0.15, 0.2) is 40.9 Å². The van der Waals surface area contributed by atoms with Gasteiger partial charge in [0, 0.05) is 23.9 Å². The Labute approximate surface area is 161 Å². The van der Waals surface area contributed by atoms with E-state index in [4.69, 9.17) is 4.42 Å². The zero-order valence-corrected chi connectivity index (χ0v) is 15.2. The smallest absolute Gasteiger partial charge is 0.174 e. The van der Waals surface area contributed by atoms with Gasteiger partial charge in [0.1, 0.15) is 23.2 Å². The molecule has 7 nitrogen and oxygen atoms in total. The molecule has 0 bridgehead atoms. The number of nitrogens with zero attached hydrogens (tertiary/aromatic N) is 5. The first-order valence-corrected chi connectivity index (χ1v) is 9.40. The summed E-state index contributed by atoms with van der Waals surface area (Å²) < 4.78 is 8.02. The summed E-state index contributed by atoms with van der Waals surface area (Å²) in [5.74, 6) is 2.26. The third-order valence-electron chi connectivity index (χ3n) is 5.11. The molecule has 0 atom stereocenters. The lowest BCUT2D eigenvalue weighted by Crippen LogP contribution is -2.05. The van der Waals surface area contributed by atoms with Crippen LogP contribution in [0.25, 0.3) is 34.1 Å². The van der Waals surface area contributed by atoms with Crippen molar-refractivity contribution in [3.63, 3.8) is 0 Å². The second-order valence-corrected chi connectivity index (χ2v) is 6.92. The normalized spacial score (nSPS) is 14.6. The van der Waals surface area contributed by atoms with Crippen molar-refractivity contribution in [1.82, 2.24) is 25.0 Å². The van der Waals surface area contributed by atoms with Gasteiger partial charge in [-0.3, -0.25) is 5.10 Å². The number of para-hydroxylation sites is 1. The maximum atomic E-state index is 9.79. The predicted octanol–water partition coefficient (Wildman–Crippen LogP) is 4.20. The van der Waals surface area contributed by atoms with Crippen molar-refractivity contribution in [3.05, 3.63) is 53.7 Å². The van der Waals surface area contributed by atoms with Crippen molar-refractivity contribution in [1.29, 1.82) is 5.26 Å². The van der Waals surface area contributed by atoms with Crippen LogP contribution in [0, 0.1) is 11.3 Å². The van der Waals surface area contributed by atoms with Gasteiger partial charge >= 0.3 is 0 Å². The fraction of sp³-hybridized carbons (Fsp3) is 0.238. The van der Waals surface area contributed by atoms with Gasteiger partial charge in [-0.05, 0) is 31.1 Å². The summed E-state index contributed by atoms with van der Waals surface area (Å²) in [5.41, 5.74) is 2.80. The maximum Gasteiger partial charge on any atom is 0.174 e. The molecule has 4 aromatic rings. The van der Waals surface area contributed by atoms with E-state index in [0.29, 0.717) is 17.2 Å². The van der Waals surface area contributed by atoms with E-state index in [0.717, 1.165) is 53.9 Å². The average molecular weight is 370 g/mol. The number of hydrogen-bond donors (Lipinski definition) is 1. The minimum absolute atomic E-state index is 0.472. The molecule has 0 aliphatic carbocycles. The average Bonchev–Trinajstić information content (AvgIpc) is 3.40. The molecule has 0 spiro atoms. The lowest BCUT2D eigenvalue weighted by molar-refractivity contribution is 0.627. The van der Waals surface area contributed by atoms with Crippen LogP contribution in [-0.4, -0.2) is 25.0 Å². The van der Waals surface area contributed by atoms with E-state index in [2.05, 4.69) is 31.0 Å². The Morgan fingerprint density at radius 3 is 3.04 bits per heavy atom. The molecule has 28 heavy (non-hydrogen) atoms. The summed E-state index contributed by atoms with van der Waals surface area (Å²) in [4.78, 5) is 0. The standard InChI is InChI=1S/C21H18N6O/c22-12-15(21-26-24-19-8-2-1-5-9-27(19)21)10-16-13-23-25-20(16)18-11-14-6-3-4-7-17(14)28-18/h3-4,6-7,10-11,13H,1-2,5,8-9H2,(H,23,25)/b15-10+. The van der Waals surface area contributed by atoms with Crippen molar-refractivity contribution in [2.75, 3.05) is 0 Å². The Morgan fingerprint density at radius 2 is 2.14 bits per heavy atom. The molecule has 0 radical (unpaired) electrons. The summed E-state index contributed by atoms with van der Waals surface area (Å²) in [5, 5.41) is 26.6. The fourth-order valence-corrected chi connectivity index (χ4v) is 3.69. The van der Waals surface area contributed by atoms with Crippen LogP contribution in [0.3, 0.4) is 0 Å². The molecule has 1 aliphatic heterocycles. The van der Waals surface area contributed by atoms with Gasteiger partial charge in [0.05, 0.1) is 11.8 Å². The molecule has 1 aliphatic rings. The number of benzene rings is 1. The molecule has 1 aromatic carbocycles. The van der Waals surface area contributed by atoms with Crippen LogP contribution < -0.4 is 0 Å². The van der Waals surface area contributed by atoms with Crippen molar-refractivity contribution < 1.29 is 4.42 Å². The lowest BCUT2D eigenvalue weighted by Gasteiger charge is -2.05. The van der Waals surface area contributed by atoms with Crippen LogP contribution in [-0.2, 0) is 13.0 Å². The number of rotatable bonds is 3. The molecule has 0 fully saturated rings. The molecule has 0 saturated heterocycles. The van der Waals surface area contributed by atoms with Crippen molar-refractivity contribution >= 4 is 22.6 Å². The number of aromatic amines is 1. The molecule has 0 unspecified atom stereocenters. The van der Waals surface area contributed by atoms with E-state index in [9.17, 15) is 5.26 Å².